The Morgan fingerprint density at radius 3 is 2.19 bits per heavy atom. The van der Waals surface area contributed by atoms with Crippen LogP contribution in [0.4, 0.5) is 0 Å². The molecule has 6 nitrogen and oxygen atoms in total. The van der Waals surface area contributed by atoms with Crippen molar-refractivity contribution in [3.8, 4) is 0 Å². The minimum atomic E-state index is -0.316. The first kappa shape index (κ1) is 14.3. The molecule has 0 bridgehead atoms. The lowest BCUT2D eigenvalue weighted by Crippen LogP contribution is -2.27. The van der Waals surface area contributed by atoms with Crippen LogP contribution in [0.3, 0.4) is 0 Å². The average Bonchev–Trinajstić information content (AvgIpc) is 2.27. The molecule has 1 aliphatic carbocycles. The lowest BCUT2D eigenvalue weighted by molar-refractivity contribution is -0.136. The summed E-state index contributed by atoms with van der Waals surface area (Å²) in [5.74, 6) is -0.448. The van der Waals surface area contributed by atoms with Gasteiger partial charge < -0.3 is 0 Å². The van der Waals surface area contributed by atoms with Crippen LogP contribution >= 0.6 is 0 Å². The number of carbonyl (C=O) groups excluding carboxylic acids is 3. The fourth-order valence-corrected chi connectivity index (χ4v) is 1.50. The topological polar surface area (TPSA) is 100.0 Å². The number of Topliss-reactive ketones (excluding diaryl/α,β-unsaturated/α-hetero) is 3. The van der Waals surface area contributed by atoms with E-state index in [9.17, 15) is 14.4 Å². The van der Waals surface area contributed by atoms with Crippen LogP contribution in [0.25, 0.3) is 10.4 Å². The van der Waals surface area contributed by atoms with Crippen LogP contribution in [0.1, 0.15) is 32.6 Å². The second-order valence-electron chi connectivity index (χ2n) is 3.47. The molecule has 0 aromatic carbocycles. The first-order chi connectivity index (χ1) is 7.54. The first-order valence-electron chi connectivity index (χ1n) is 5.04. The molecule has 1 saturated carbocycles. The van der Waals surface area contributed by atoms with Gasteiger partial charge in [0.05, 0.1) is 6.42 Å². The summed E-state index contributed by atoms with van der Waals surface area (Å²) in [5, 5.41) is 2.92. The first-order valence-corrected chi connectivity index (χ1v) is 5.04. The van der Waals surface area contributed by atoms with E-state index >= 15 is 0 Å². The third kappa shape index (κ3) is 5.26. The molecular weight excluding hydrogens is 210 g/mol. The molecule has 0 saturated heterocycles. The van der Waals surface area contributed by atoms with Gasteiger partial charge in [0.25, 0.3) is 0 Å². The maximum Gasteiger partial charge on any atom is 0.140 e. The zero-order chi connectivity index (χ0) is 12.6. The van der Waals surface area contributed by atoms with Crippen molar-refractivity contribution in [2.24, 2.45) is 11.0 Å². The molecule has 0 aliphatic heterocycles. The van der Waals surface area contributed by atoms with E-state index in [4.69, 9.17) is 5.53 Å². The van der Waals surface area contributed by atoms with Gasteiger partial charge in [-0.15, -0.1) is 0 Å². The molecule has 0 radical (unpaired) electrons. The van der Waals surface area contributed by atoms with Crippen molar-refractivity contribution in [1.82, 2.24) is 0 Å². The Kier molecular flexibility index (Phi) is 6.79. The molecular formula is C10H15N3O3. The third-order valence-corrected chi connectivity index (χ3v) is 2.24. The maximum absolute atomic E-state index is 11.2. The van der Waals surface area contributed by atoms with Gasteiger partial charge in [0.2, 0.25) is 0 Å². The number of hydrogen-bond donors (Lipinski definition) is 0. The zero-order valence-electron chi connectivity index (χ0n) is 9.47. The molecule has 0 heterocycles. The molecule has 0 aromatic rings. The Bertz CT molecular complexity index is 316. The highest BCUT2D eigenvalue weighted by Gasteiger charge is 2.29. The van der Waals surface area contributed by atoms with Gasteiger partial charge >= 0.3 is 0 Å². The van der Waals surface area contributed by atoms with Crippen molar-refractivity contribution in [3.05, 3.63) is 10.4 Å². The monoisotopic (exact) mass is 225 g/mol. The van der Waals surface area contributed by atoms with E-state index in [1.54, 1.807) is 6.92 Å². The number of azide groups is 1. The molecule has 0 unspecified atom stereocenters. The van der Waals surface area contributed by atoms with E-state index in [1.165, 1.54) is 7.05 Å². The Balaban J connectivity index is 0.000000487. The Morgan fingerprint density at radius 2 is 1.88 bits per heavy atom. The minimum absolute atomic E-state index is 0.0352. The van der Waals surface area contributed by atoms with E-state index in [1.807, 2.05) is 0 Å². The molecule has 16 heavy (non-hydrogen) atoms. The molecule has 1 fully saturated rings. The largest absolute Gasteiger partial charge is 0.299 e. The molecule has 6 heteroatoms. The van der Waals surface area contributed by atoms with Gasteiger partial charge in [-0.25, -0.2) is 0 Å². The normalized spacial score (nSPS) is 15.9. The van der Waals surface area contributed by atoms with E-state index in [2.05, 4.69) is 10.0 Å². The summed E-state index contributed by atoms with van der Waals surface area (Å²) in [6, 6.07) is 0. The molecule has 0 N–H and O–H groups in total. The Labute approximate surface area is 93.6 Å². The van der Waals surface area contributed by atoms with Gasteiger partial charge in [-0.3, -0.25) is 14.4 Å². The standard InChI is InChI=1S/C9H12O3.CH3N3/c1-2-9(12)6-3-7(10)5-8(11)4-6;1-3-4-2/h6H,2-5H2,1H3;1H3. The Morgan fingerprint density at radius 1 is 1.44 bits per heavy atom. The Hall–Kier alpha value is -1.68. The van der Waals surface area contributed by atoms with Crippen molar-refractivity contribution < 1.29 is 14.4 Å². The van der Waals surface area contributed by atoms with Crippen LogP contribution in [0.15, 0.2) is 5.11 Å². The smallest absolute Gasteiger partial charge is 0.140 e. The van der Waals surface area contributed by atoms with Crippen LogP contribution < -0.4 is 0 Å². The summed E-state index contributed by atoms with van der Waals surface area (Å²) in [6.45, 7) is 1.76. The molecule has 0 atom stereocenters. The summed E-state index contributed by atoms with van der Waals surface area (Å²) < 4.78 is 0. The average molecular weight is 225 g/mol. The van der Waals surface area contributed by atoms with Crippen molar-refractivity contribution in [1.29, 1.82) is 0 Å². The van der Waals surface area contributed by atoms with Crippen LogP contribution in [0, 0.1) is 5.92 Å². The number of ketones is 3. The highest BCUT2D eigenvalue weighted by Crippen LogP contribution is 2.20. The quantitative estimate of drug-likeness (QED) is 0.310. The minimum Gasteiger partial charge on any atom is -0.299 e. The SMILES string of the molecule is CCC(=O)C1CC(=O)CC(=O)C1.CN=[N+]=[N-]. The predicted octanol–water partition coefficient (Wildman–Crippen LogP) is 1.83. The summed E-state index contributed by atoms with van der Waals surface area (Å²) in [6.07, 6.45) is 1.01. The summed E-state index contributed by atoms with van der Waals surface area (Å²) in [5.41, 5.74) is 7.33. The molecule has 0 spiro atoms. The van der Waals surface area contributed by atoms with Crippen LogP contribution in [-0.2, 0) is 14.4 Å². The van der Waals surface area contributed by atoms with E-state index in [-0.39, 0.29) is 42.5 Å². The van der Waals surface area contributed by atoms with Crippen LogP contribution in [-0.4, -0.2) is 24.4 Å². The van der Waals surface area contributed by atoms with E-state index < -0.39 is 0 Å². The van der Waals surface area contributed by atoms with Gasteiger partial charge in [-0.2, -0.15) is 0 Å². The van der Waals surface area contributed by atoms with Gasteiger partial charge in [0.15, 0.2) is 0 Å². The van der Waals surface area contributed by atoms with Crippen molar-refractivity contribution in [2.75, 3.05) is 7.05 Å². The van der Waals surface area contributed by atoms with Gasteiger partial charge in [0.1, 0.15) is 17.3 Å². The highest BCUT2D eigenvalue weighted by molar-refractivity contribution is 6.05. The molecule has 1 aliphatic rings. The molecule has 0 aromatic heterocycles. The van der Waals surface area contributed by atoms with Crippen molar-refractivity contribution in [2.45, 2.75) is 32.6 Å². The van der Waals surface area contributed by atoms with Gasteiger partial charge in [-0.05, 0) is 5.53 Å². The molecule has 1 rings (SSSR count). The molecule has 0 amide bonds. The van der Waals surface area contributed by atoms with Crippen LogP contribution in [0.2, 0.25) is 0 Å². The molecule has 88 valence electrons. The summed E-state index contributed by atoms with van der Waals surface area (Å²) >= 11 is 0. The lowest BCUT2D eigenvalue weighted by Gasteiger charge is -2.17. The predicted molar refractivity (Wildman–Crippen MR) is 57.7 cm³/mol. The second-order valence-corrected chi connectivity index (χ2v) is 3.47. The maximum atomic E-state index is 11.2. The van der Waals surface area contributed by atoms with Gasteiger partial charge in [-0.1, -0.05) is 12.0 Å². The summed E-state index contributed by atoms with van der Waals surface area (Å²) in [4.78, 5) is 35.4. The number of carbonyl (C=O) groups is 3. The van der Waals surface area contributed by atoms with Crippen LogP contribution in [0.5, 0.6) is 0 Å². The summed E-state index contributed by atoms with van der Waals surface area (Å²) in [7, 11) is 1.39. The van der Waals surface area contributed by atoms with Gasteiger partial charge in [0, 0.05) is 37.1 Å². The van der Waals surface area contributed by atoms with E-state index in [0.29, 0.717) is 6.42 Å². The number of rotatable bonds is 2. The highest BCUT2D eigenvalue weighted by atomic mass is 16.2. The second kappa shape index (κ2) is 7.59. The van der Waals surface area contributed by atoms with E-state index in [0.717, 1.165) is 0 Å². The number of nitrogens with zero attached hydrogens (tertiary/aromatic N) is 3. The zero-order valence-corrected chi connectivity index (χ0v) is 9.47. The lowest BCUT2D eigenvalue weighted by atomic mass is 9.84. The van der Waals surface area contributed by atoms with Crippen molar-refractivity contribution in [3.63, 3.8) is 0 Å². The third-order valence-electron chi connectivity index (χ3n) is 2.24. The fourth-order valence-electron chi connectivity index (χ4n) is 1.50. The number of hydrogen-bond acceptors (Lipinski definition) is 4. The fraction of sp³-hybridized carbons (Fsp3) is 0.700. The van der Waals surface area contributed by atoms with Crippen molar-refractivity contribution >= 4 is 17.3 Å².